The summed E-state index contributed by atoms with van der Waals surface area (Å²) in [5.41, 5.74) is 11.2. The average molecular weight is 330 g/mol. The van der Waals surface area contributed by atoms with E-state index in [2.05, 4.69) is 11.8 Å². The number of hydrogen-bond acceptors (Lipinski definition) is 3. The second-order valence-electron chi connectivity index (χ2n) is 5.62. The lowest BCUT2D eigenvalue weighted by atomic mass is 9.89. The fourth-order valence-corrected chi connectivity index (χ4v) is 3.17. The van der Waals surface area contributed by atoms with E-state index < -0.39 is 0 Å². The van der Waals surface area contributed by atoms with Crippen molar-refractivity contribution >= 4 is 5.69 Å². The molecule has 3 rings (SSSR count). The summed E-state index contributed by atoms with van der Waals surface area (Å²) >= 11 is 0. The molecule has 130 valence electrons. The number of rotatable bonds is 3. The lowest BCUT2D eigenvalue weighted by Crippen LogP contribution is -2.31. The molecule has 0 saturated heterocycles. The minimum atomic E-state index is -0.257. The third-order valence-corrected chi connectivity index (χ3v) is 4.43. The van der Waals surface area contributed by atoms with E-state index in [1.807, 2.05) is 26.0 Å². The van der Waals surface area contributed by atoms with Crippen LogP contribution in [0.5, 0.6) is 5.75 Å². The predicted molar refractivity (Wildman–Crippen MR) is 98.8 cm³/mol. The summed E-state index contributed by atoms with van der Waals surface area (Å²) in [6.45, 7) is 9.01. The second kappa shape index (κ2) is 8.15. The summed E-state index contributed by atoms with van der Waals surface area (Å²) in [5, 5.41) is 0. The molecule has 0 amide bonds. The Balaban J connectivity index is 0.00000100. The molecule has 1 heterocycles. The molecule has 0 aromatic heterocycles. The molecule has 1 aliphatic rings. The van der Waals surface area contributed by atoms with E-state index in [1.165, 1.54) is 17.7 Å². The van der Waals surface area contributed by atoms with Crippen molar-refractivity contribution < 1.29 is 9.13 Å². The summed E-state index contributed by atoms with van der Waals surface area (Å²) in [5.74, 6) is 0.429. The summed E-state index contributed by atoms with van der Waals surface area (Å²) in [7, 11) is 1.61. The van der Waals surface area contributed by atoms with Gasteiger partial charge in [-0.3, -0.25) is 4.90 Å². The molecule has 0 saturated carbocycles. The fourth-order valence-electron chi connectivity index (χ4n) is 3.17. The SMILES string of the molecule is CC.CCN1CCc2c(-c3cc(F)ccc3OC)ccc(N)c2C1. The third-order valence-electron chi connectivity index (χ3n) is 4.43. The number of hydrogen-bond donors (Lipinski definition) is 1. The topological polar surface area (TPSA) is 38.5 Å². The minimum absolute atomic E-state index is 0.257. The van der Waals surface area contributed by atoms with E-state index in [1.54, 1.807) is 13.2 Å². The van der Waals surface area contributed by atoms with Crippen LogP contribution in [0.25, 0.3) is 11.1 Å². The second-order valence-corrected chi connectivity index (χ2v) is 5.62. The zero-order valence-corrected chi connectivity index (χ0v) is 15.0. The molecular weight excluding hydrogens is 303 g/mol. The van der Waals surface area contributed by atoms with Crippen molar-refractivity contribution in [3.05, 3.63) is 47.3 Å². The Bertz CT molecular complexity index is 700. The van der Waals surface area contributed by atoms with E-state index in [0.29, 0.717) is 5.75 Å². The number of methoxy groups -OCH3 is 1. The van der Waals surface area contributed by atoms with Gasteiger partial charge in [0.05, 0.1) is 7.11 Å². The van der Waals surface area contributed by atoms with Gasteiger partial charge in [0.15, 0.2) is 0 Å². The Morgan fingerprint density at radius 3 is 2.54 bits per heavy atom. The van der Waals surface area contributed by atoms with Crippen LogP contribution in [-0.4, -0.2) is 25.1 Å². The van der Waals surface area contributed by atoms with Crippen LogP contribution in [0.1, 0.15) is 31.9 Å². The van der Waals surface area contributed by atoms with E-state index in [4.69, 9.17) is 10.5 Å². The fraction of sp³-hybridized carbons (Fsp3) is 0.400. The first-order valence-electron chi connectivity index (χ1n) is 8.60. The summed E-state index contributed by atoms with van der Waals surface area (Å²) in [6, 6.07) is 8.53. The molecule has 3 nitrogen and oxygen atoms in total. The standard InChI is InChI=1S/C18H21FN2O.C2H6/c1-3-21-9-8-14-13(5-6-17(20)16(14)11-21)15-10-12(19)4-7-18(15)22-2;1-2/h4-7,10H,3,8-9,11,20H2,1-2H3;1-2H3. The largest absolute Gasteiger partial charge is 0.496 e. The first-order valence-corrected chi connectivity index (χ1v) is 8.60. The zero-order chi connectivity index (χ0) is 17.7. The number of likely N-dealkylation sites (N-methyl/N-ethyl adjacent to an activating group) is 1. The van der Waals surface area contributed by atoms with Gasteiger partial charge in [-0.15, -0.1) is 0 Å². The minimum Gasteiger partial charge on any atom is -0.496 e. The van der Waals surface area contributed by atoms with Gasteiger partial charge < -0.3 is 10.5 Å². The Hall–Kier alpha value is -2.07. The van der Waals surface area contributed by atoms with Crippen LogP contribution in [0.4, 0.5) is 10.1 Å². The molecule has 0 bridgehead atoms. The van der Waals surface area contributed by atoms with Crippen molar-refractivity contribution in [2.75, 3.05) is 25.9 Å². The van der Waals surface area contributed by atoms with Gasteiger partial charge >= 0.3 is 0 Å². The van der Waals surface area contributed by atoms with Crippen LogP contribution >= 0.6 is 0 Å². The van der Waals surface area contributed by atoms with E-state index >= 15 is 0 Å². The summed E-state index contributed by atoms with van der Waals surface area (Å²) < 4.78 is 19.1. The van der Waals surface area contributed by atoms with Crippen LogP contribution in [0.3, 0.4) is 0 Å². The van der Waals surface area contributed by atoms with Gasteiger partial charge in [-0.1, -0.05) is 26.8 Å². The van der Waals surface area contributed by atoms with Crippen molar-refractivity contribution in [1.82, 2.24) is 4.90 Å². The maximum absolute atomic E-state index is 13.7. The number of ether oxygens (including phenoxy) is 1. The molecule has 2 aromatic carbocycles. The van der Waals surface area contributed by atoms with E-state index in [0.717, 1.165) is 48.4 Å². The Kier molecular flexibility index (Phi) is 6.21. The lowest BCUT2D eigenvalue weighted by Gasteiger charge is -2.30. The van der Waals surface area contributed by atoms with Crippen molar-refractivity contribution in [2.45, 2.75) is 33.7 Å². The highest BCUT2D eigenvalue weighted by molar-refractivity contribution is 5.77. The number of halogens is 1. The van der Waals surface area contributed by atoms with Gasteiger partial charge in [0, 0.05) is 24.3 Å². The highest BCUT2D eigenvalue weighted by Crippen LogP contribution is 2.38. The molecular formula is C20H27FN2O. The highest BCUT2D eigenvalue weighted by Gasteiger charge is 2.22. The maximum Gasteiger partial charge on any atom is 0.126 e. The number of nitrogen functional groups attached to an aromatic ring is 1. The maximum atomic E-state index is 13.7. The molecule has 24 heavy (non-hydrogen) atoms. The highest BCUT2D eigenvalue weighted by atomic mass is 19.1. The monoisotopic (exact) mass is 330 g/mol. The predicted octanol–water partition coefficient (Wildman–Crippen LogP) is 4.49. The van der Waals surface area contributed by atoms with Gasteiger partial charge in [0.25, 0.3) is 0 Å². The molecule has 0 unspecified atom stereocenters. The van der Waals surface area contributed by atoms with Crippen LogP contribution < -0.4 is 10.5 Å². The van der Waals surface area contributed by atoms with Gasteiger partial charge in [-0.2, -0.15) is 0 Å². The molecule has 4 heteroatoms. The van der Waals surface area contributed by atoms with Crippen LogP contribution in [0.15, 0.2) is 30.3 Å². The van der Waals surface area contributed by atoms with Gasteiger partial charge in [-0.05, 0) is 53.9 Å². The van der Waals surface area contributed by atoms with Crippen LogP contribution in [0, 0.1) is 5.82 Å². The number of benzene rings is 2. The van der Waals surface area contributed by atoms with Crippen molar-refractivity contribution in [3.63, 3.8) is 0 Å². The van der Waals surface area contributed by atoms with Crippen LogP contribution in [-0.2, 0) is 13.0 Å². The Morgan fingerprint density at radius 1 is 1.12 bits per heavy atom. The molecule has 0 fully saturated rings. The van der Waals surface area contributed by atoms with Crippen molar-refractivity contribution in [2.24, 2.45) is 0 Å². The van der Waals surface area contributed by atoms with E-state index in [-0.39, 0.29) is 5.82 Å². The summed E-state index contributed by atoms with van der Waals surface area (Å²) in [4.78, 5) is 2.37. The Morgan fingerprint density at radius 2 is 1.88 bits per heavy atom. The van der Waals surface area contributed by atoms with Crippen LogP contribution in [0.2, 0.25) is 0 Å². The molecule has 0 aliphatic carbocycles. The van der Waals surface area contributed by atoms with E-state index in [9.17, 15) is 4.39 Å². The quantitative estimate of drug-likeness (QED) is 0.843. The molecule has 0 spiro atoms. The van der Waals surface area contributed by atoms with Crippen molar-refractivity contribution in [1.29, 1.82) is 0 Å². The summed E-state index contributed by atoms with van der Waals surface area (Å²) in [6.07, 6.45) is 0.920. The molecule has 2 aromatic rings. The Labute approximate surface area is 144 Å². The van der Waals surface area contributed by atoms with Crippen molar-refractivity contribution in [3.8, 4) is 16.9 Å². The van der Waals surface area contributed by atoms with Gasteiger partial charge in [0.2, 0.25) is 0 Å². The zero-order valence-electron chi connectivity index (χ0n) is 15.0. The molecule has 1 aliphatic heterocycles. The molecule has 2 N–H and O–H groups in total. The first-order chi connectivity index (χ1) is 11.6. The smallest absolute Gasteiger partial charge is 0.126 e. The number of anilines is 1. The van der Waals surface area contributed by atoms with Gasteiger partial charge in [0.1, 0.15) is 11.6 Å². The number of nitrogens with zero attached hydrogens (tertiary/aromatic N) is 1. The number of fused-ring (bicyclic) bond motifs is 1. The molecule has 0 atom stereocenters. The van der Waals surface area contributed by atoms with Gasteiger partial charge in [-0.25, -0.2) is 4.39 Å². The lowest BCUT2D eigenvalue weighted by molar-refractivity contribution is 0.269. The molecule has 0 radical (unpaired) electrons. The normalized spacial score (nSPS) is 13.7. The first kappa shape index (κ1) is 18.3. The average Bonchev–Trinajstić information content (AvgIpc) is 2.63. The number of nitrogens with two attached hydrogens (primary N) is 1. The third kappa shape index (κ3) is 3.54.